The van der Waals surface area contributed by atoms with Crippen LogP contribution in [0.25, 0.3) is 0 Å². The van der Waals surface area contributed by atoms with Crippen molar-refractivity contribution >= 4 is 17.5 Å². The second-order valence-corrected chi connectivity index (χ2v) is 7.19. The first kappa shape index (κ1) is 17.0. The van der Waals surface area contributed by atoms with Crippen LogP contribution in [0.15, 0.2) is 12.1 Å². The molecule has 2 unspecified atom stereocenters. The third-order valence-electron chi connectivity index (χ3n) is 5.09. The van der Waals surface area contributed by atoms with Gasteiger partial charge >= 0.3 is 0 Å². The fourth-order valence-electron chi connectivity index (χ4n) is 4.00. The number of hydrogen-bond acceptors (Lipinski definition) is 3. The molecule has 130 valence electrons. The van der Waals surface area contributed by atoms with E-state index in [1.165, 1.54) is 12.0 Å². The highest BCUT2D eigenvalue weighted by atomic mass is 16.2. The Labute approximate surface area is 143 Å². The maximum absolute atomic E-state index is 12.5. The first-order valence-corrected chi connectivity index (χ1v) is 8.85. The van der Waals surface area contributed by atoms with Crippen LogP contribution in [0.1, 0.15) is 36.0 Å². The van der Waals surface area contributed by atoms with E-state index in [0.717, 1.165) is 29.8 Å². The lowest BCUT2D eigenvalue weighted by Crippen LogP contribution is -2.40. The van der Waals surface area contributed by atoms with Crippen LogP contribution in [-0.4, -0.2) is 37.5 Å². The van der Waals surface area contributed by atoms with Gasteiger partial charge in [-0.05, 0) is 51.3 Å². The Bertz CT molecular complexity index is 627. The van der Waals surface area contributed by atoms with Crippen LogP contribution >= 0.6 is 0 Å². The fourth-order valence-corrected chi connectivity index (χ4v) is 4.00. The number of rotatable bonds is 4. The van der Waals surface area contributed by atoms with Crippen LogP contribution in [0.2, 0.25) is 0 Å². The van der Waals surface area contributed by atoms with Crippen molar-refractivity contribution in [2.75, 3.05) is 24.5 Å². The Morgan fingerprint density at radius 1 is 1.29 bits per heavy atom. The molecule has 2 heterocycles. The van der Waals surface area contributed by atoms with Crippen molar-refractivity contribution in [1.29, 1.82) is 0 Å². The van der Waals surface area contributed by atoms with E-state index in [-0.39, 0.29) is 17.7 Å². The average molecular weight is 329 g/mol. The molecule has 2 aliphatic heterocycles. The molecule has 0 aromatic heterocycles. The van der Waals surface area contributed by atoms with E-state index in [1.54, 1.807) is 4.90 Å². The molecule has 2 fully saturated rings. The van der Waals surface area contributed by atoms with Gasteiger partial charge in [0.05, 0.1) is 5.92 Å². The van der Waals surface area contributed by atoms with Crippen molar-refractivity contribution in [3.63, 3.8) is 0 Å². The number of anilines is 1. The number of amides is 2. The molecule has 2 N–H and O–H groups in total. The maximum atomic E-state index is 12.5. The molecular weight excluding hydrogens is 302 g/mol. The van der Waals surface area contributed by atoms with E-state index in [2.05, 4.69) is 29.7 Å². The molecule has 5 nitrogen and oxygen atoms in total. The Morgan fingerprint density at radius 3 is 2.62 bits per heavy atom. The SMILES string of the molecule is Cc1cc(C)c(N2CC(C(=O)NCC3CCCN3)CC2=O)c(C)c1. The predicted molar refractivity (Wildman–Crippen MR) is 95.1 cm³/mol. The number of nitrogens with one attached hydrogen (secondary N) is 2. The van der Waals surface area contributed by atoms with Crippen LogP contribution in [0.3, 0.4) is 0 Å². The van der Waals surface area contributed by atoms with Gasteiger partial charge in [-0.3, -0.25) is 9.59 Å². The van der Waals surface area contributed by atoms with Gasteiger partial charge in [-0.15, -0.1) is 0 Å². The summed E-state index contributed by atoms with van der Waals surface area (Å²) >= 11 is 0. The molecule has 24 heavy (non-hydrogen) atoms. The molecule has 1 aromatic rings. The standard InChI is InChI=1S/C19H27N3O2/c1-12-7-13(2)18(14(3)8-12)22-11-15(9-17(22)23)19(24)21-10-16-5-4-6-20-16/h7-8,15-16,20H,4-6,9-11H2,1-3H3,(H,21,24). The smallest absolute Gasteiger partial charge is 0.227 e. The van der Waals surface area contributed by atoms with Gasteiger partial charge in [0, 0.05) is 31.2 Å². The molecule has 2 atom stereocenters. The number of nitrogens with zero attached hydrogens (tertiary/aromatic N) is 1. The minimum atomic E-state index is -0.251. The summed E-state index contributed by atoms with van der Waals surface area (Å²) in [6, 6.07) is 4.56. The Hall–Kier alpha value is -1.88. The first-order chi connectivity index (χ1) is 11.5. The minimum absolute atomic E-state index is 0.00182. The summed E-state index contributed by atoms with van der Waals surface area (Å²) in [6.07, 6.45) is 2.58. The molecule has 0 spiro atoms. The van der Waals surface area contributed by atoms with Gasteiger partial charge < -0.3 is 15.5 Å². The predicted octanol–water partition coefficient (Wildman–Crippen LogP) is 1.83. The number of aryl methyl sites for hydroxylation is 3. The van der Waals surface area contributed by atoms with E-state index in [4.69, 9.17) is 0 Å². The van der Waals surface area contributed by atoms with Crippen molar-refractivity contribution in [2.45, 2.75) is 46.1 Å². The normalized spacial score (nSPS) is 23.8. The molecule has 0 saturated carbocycles. The number of benzene rings is 1. The van der Waals surface area contributed by atoms with E-state index in [9.17, 15) is 9.59 Å². The summed E-state index contributed by atoms with van der Waals surface area (Å²) in [5.74, 6) is -0.204. The molecule has 0 bridgehead atoms. The largest absolute Gasteiger partial charge is 0.354 e. The lowest BCUT2D eigenvalue weighted by molar-refractivity contribution is -0.126. The molecule has 1 aromatic carbocycles. The summed E-state index contributed by atoms with van der Waals surface area (Å²) in [4.78, 5) is 26.7. The molecule has 2 saturated heterocycles. The van der Waals surface area contributed by atoms with Crippen LogP contribution < -0.4 is 15.5 Å². The van der Waals surface area contributed by atoms with Crippen LogP contribution in [-0.2, 0) is 9.59 Å². The molecule has 2 amide bonds. The molecule has 5 heteroatoms. The summed E-state index contributed by atoms with van der Waals surface area (Å²) in [5.41, 5.74) is 4.35. The molecule has 3 rings (SSSR count). The Morgan fingerprint density at radius 2 is 2.00 bits per heavy atom. The number of carbonyl (C=O) groups is 2. The van der Waals surface area contributed by atoms with Crippen molar-refractivity contribution in [3.8, 4) is 0 Å². The van der Waals surface area contributed by atoms with Crippen LogP contribution in [0.4, 0.5) is 5.69 Å². The molecule has 0 aliphatic carbocycles. The molecule has 0 radical (unpaired) electrons. The lowest BCUT2D eigenvalue weighted by atomic mass is 10.0. The third-order valence-corrected chi connectivity index (χ3v) is 5.09. The quantitative estimate of drug-likeness (QED) is 0.886. The van der Waals surface area contributed by atoms with E-state index < -0.39 is 0 Å². The summed E-state index contributed by atoms with van der Waals surface area (Å²) in [5, 5.41) is 6.39. The maximum Gasteiger partial charge on any atom is 0.227 e. The van der Waals surface area contributed by atoms with Gasteiger partial charge in [-0.25, -0.2) is 0 Å². The lowest BCUT2D eigenvalue weighted by Gasteiger charge is -2.22. The van der Waals surface area contributed by atoms with Gasteiger partial charge in [0.25, 0.3) is 0 Å². The van der Waals surface area contributed by atoms with Crippen molar-refractivity contribution in [2.24, 2.45) is 5.92 Å². The van der Waals surface area contributed by atoms with Crippen LogP contribution in [0.5, 0.6) is 0 Å². The number of carbonyl (C=O) groups excluding carboxylic acids is 2. The summed E-state index contributed by atoms with van der Waals surface area (Å²) in [6.45, 7) is 8.29. The Balaban J connectivity index is 1.66. The van der Waals surface area contributed by atoms with Gasteiger partial charge in [-0.2, -0.15) is 0 Å². The zero-order chi connectivity index (χ0) is 17.3. The second kappa shape index (κ2) is 6.93. The second-order valence-electron chi connectivity index (χ2n) is 7.19. The summed E-state index contributed by atoms with van der Waals surface area (Å²) < 4.78 is 0. The summed E-state index contributed by atoms with van der Waals surface area (Å²) in [7, 11) is 0. The highest BCUT2D eigenvalue weighted by Gasteiger charge is 2.36. The van der Waals surface area contributed by atoms with Crippen molar-refractivity contribution in [1.82, 2.24) is 10.6 Å². The van der Waals surface area contributed by atoms with Crippen LogP contribution in [0, 0.1) is 26.7 Å². The topological polar surface area (TPSA) is 61.4 Å². The van der Waals surface area contributed by atoms with E-state index >= 15 is 0 Å². The third kappa shape index (κ3) is 3.46. The van der Waals surface area contributed by atoms with E-state index in [0.29, 0.717) is 25.6 Å². The molecule has 2 aliphatic rings. The zero-order valence-electron chi connectivity index (χ0n) is 14.8. The van der Waals surface area contributed by atoms with Gasteiger partial charge in [0.2, 0.25) is 11.8 Å². The van der Waals surface area contributed by atoms with E-state index in [1.807, 2.05) is 13.8 Å². The van der Waals surface area contributed by atoms with Gasteiger partial charge in [-0.1, -0.05) is 17.7 Å². The van der Waals surface area contributed by atoms with Crippen molar-refractivity contribution in [3.05, 3.63) is 28.8 Å². The van der Waals surface area contributed by atoms with Crippen molar-refractivity contribution < 1.29 is 9.59 Å². The number of hydrogen-bond donors (Lipinski definition) is 2. The first-order valence-electron chi connectivity index (χ1n) is 8.85. The highest BCUT2D eigenvalue weighted by Crippen LogP contribution is 2.31. The fraction of sp³-hybridized carbons (Fsp3) is 0.579. The highest BCUT2D eigenvalue weighted by molar-refractivity contribution is 6.01. The minimum Gasteiger partial charge on any atom is -0.354 e. The van der Waals surface area contributed by atoms with Gasteiger partial charge in [0.1, 0.15) is 0 Å². The Kier molecular flexibility index (Phi) is 4.90. The average Bonchev–Trinajstić information content (AvgIpc) is 3.14. The zero-order valence-corrected chi connectivity index (χ0v) is 14.8. The molecular formula is C19H27N3O2. The monoisotopic (exact) mass is 329 g/mol. The van der Waals surface area contributed by atoms with Gasteiger partial charge in [0.15, 0.2) is 0 Å².